The SMILES string of the molecule is Cc1ccc(N(C)Cc2ccccc2Cl)c(C=O)c1. The molecule has 0 aliphatic carbocycles. The van der Waals surface area contributed by atoms with E-state index in [0.29, 0.717) is 12.1 Å². The Kier molecular flexibility index (Phi) is 4.23. The van der Waals surface area contributed by atoms with Gasteiger partial charge < -0.3 is 4.90 Å². The number of aryl methyl sites for hydroxylation is 1. The van der Waals surface area contributed by atoms with E-state index < -0.39 is 0 Å². The molecule has 0 unspecified atom stereocenters. The minimum atomic E-state index is 0.670. The van der Waals surface area contributed by atoms with Crippen LogP contribution in [0.15, 0.2) is 42.5 Å². The second kappa shape index (κ2) is 5.89. The monoisotopic (exact) mass is 273 g/mol. The van der Waals surface area contributed by atoms with E-state index in [2.05, 4.69) is 0 Å². The van der Waals surface area contributed by atoms with Gasteiger partial charge in [0.25, 0.3) is 0 Å². The molecule has 0 amide bonds. The fourth-order valence-electron chi connectivity index (χ4n) is 2.08. The molecule has 19 heavy (non-hydrogen) atoms. The first-order chi connectivity index (χ1) is 9.11. The molecular formula is C16H16ClNO. The van der Waals surface area contributed by atoms with Gasteiger partial charge in [0.05, 0.1) is 0 Å². The Labute approximate surface area is 118 Å². The van der Waals surface area contributed by atoms with Gasteiger partial charge in [-0.05, 0) is 30.7 Å². The van der Waals surface area contributed by atoms with Crippen molar-refractivity contribution < 1.29 is 4.79 Å². The molecule has 2 nitrogen and oxygen atoms in total. The Morgan fingerprint density at radius 2 is 1.95 bits per heavy atom. The third-order valence-corrected chi connectivity index (χ3v) is 3.46. The number of halogens is 1. The minimum absolute atomic E-state index is 0.670. The number of nitrogens with zero attached hydrogens (tertiary/aromatic N) is 1. The average molecular weight is 274 g/mol. The highest BCUT2D eigenvalue weighted by Crippen LogP contribution is 2.23. The Bertz CT molecular complexity index is 595. The van der Waals surface area contributed by atoms with Crippen molar-refractivity contribution in [3.8, 4) is 0 Å². The van der Waals surface area contributed by atoms with Gasteiger partial charge in [0.1, 0.15) is 0 Å². The molecular weight excluding hydrogens is 258 g/mol. The molecule has 2 aromatic rings. The number of rotatable bonds is 4. The van der Waals surface area contributed by atoms with Crippen molar-refractivity contribution in [2.45, 2.75) is 13.5 Å². The topological polar surface area (TPSA) is 20.3 Å². The molecule has 0 N–H and O–H groups in total. The van der Waals surface area contributed by atoms with E-state index >= 15 is 0 Å². The van der Waals surface area contributed by atoms with E-state index in [9.17, 15) is 4.79 Å². The lowest BCUT2D eigenvalue weighted by Gasteiger charge is -2.22. The van der Waals surface area contributed by atoms with E-state index in [4.69, 9.17) is 11.6 Å². The summed E-state index contributed by atoms with van der Waals surface area (Å²) in [5.41, 5.74) is 3.75. The summed E-state index contributed by atoms with van der Waals surface area (Å²) in [7, 11) is 1.96. The zero-order chi connectivity index (χ0) is 13.8. The summed E-state index contributed by atoms with van der Waals surface area (Å²) in [6.45, 7) is 2.65. The van der Waals surface area contributed by atoms with Crippen molar-refractivity contribution in [1.29, 1.82) is 0 Å². The molecule has 0 radical (unpaired) electrons. The summed E-state index contributed by atoms with van der Waals surface area (Å²) in [5.74, 6) is 0. The highest BCUT2D eigenvalue weighted by atomic mass is 35.5. The van der Waals surface area contributed by atoms with Crippen molar-refractivity contribution in [2.75, 3.05) is 11.9 Å². The molecule has 0 atom stereocenters. The van der Waals surface area contributed by atoms with Crippen LogP contribution in [0.25, 0.3) is 0 Å². The van der Waals surface area contributed by atoms with Gasteiger partial charge in [-0.1, -0.05) is 41.4 Å². The Hall–Kier alpha value is -1.80. The lowest BCUT2D eigenvalue weighted by Crippen LogP contribution is -2.18. The molecule has 0 bridgehead atoms. The smallest absolute Gasteiger partial charge is 0.152 e. The molecule has 2 aromatic carbocycles. The molecule has 0 saturated carbocycles. The van der Waals surface area contributed by atoms with Crippen molar-refractivity contribution in [1.82, 2.24) is 0 Å². The fourth-order valence-corrected chi connectivity index (χ4v) is 2.28. The zero-order valence-corrected chi connectivity index (χ0v) is 11.8. The first kappa shape index (κ1) is 13.6. The summed E-state index contributed by atoms with van der Waals surface area (Å²) >= 11 is 6.16. The number of benzene rings is 2. The summed E-state index contributed by atoms with van der Waals surface area (Å²) in [6, 6.07) is 13.6. The van der Waals surface area contributed by atoms with Crippen molar-refractivity contribution in [3.63, 3.8) is 0 Å². The molecule has 0 aromatic heterocycles. The summed E-state index contributed by atoms with van der Waals surface area (Å²) in [6.07, 6.45) is 0.894. The Morgan fingerprint density at radius 3 is 2.63 bits per heavy atom. The maximum Gasteiger partial charge on any atom is 0.152 e. The van der Waals surface area contributed by atoms with Crippen LogP contribution in [-0.4, -0.2) is 13.3 Å². The summed E-state index contributed by atoms with van der Waals surface area (Å²) in [5, 5.41) is 0.745. The van der Waals surface area contributed by atoms with Crippen molar-refractivity contribution in [2.24, 2.45) is 0 Å². The molecule has 3 heteroatoms. The minimum Gasteiger partial charge on any atom is -0.370 e. The lowest BCUT2D eigenvalue weighted by molar-refractivity contribution is 0.112. The predicted molar refractivity (Wildman–Crippen MR) is 80.1 cm³/mol. The first-order valence-corrected chi connectivity index (χ1v) is 6.50. The van der Waals surface area contributed by atoms with Crippen LogP contribution in [0.1, 0.15) is 21.5 Å². The van der Waals surface area contributed by atoms with E-state index in [1.54, 1.807) is 0 Å². The van der Waals surface area contributed by atoms with E-state index in [0.717, 1.165) is 28.1 Å². The quantitative estimate of drug-likeness (QED) is 0.782. The average Bonchev–Trinajstić information content (AvgIpc) is 2.41. The molecule has 0 aliphatic heterocycles. The van der Waals surface area contributed by atoms with E-state index in [1.165, 1.54) is 0 Å². The van der Waals surface area contributed by atoms with Crippen LogP contribution < -0.4 is 4.90 Å². The molecule has 98 valence electrons. The number of hydrogen-bond acceptors (Lipinski definition) is 2. The van der Waals surface area contributed by atoms with Crippen LogP contribution in [0, 0.1) is 6.92 Å². The third-order valence-electron chi connectivity index (χ3n) is 3.09. The Morgan fingerprint density at radius 1 is 1.21 bits per heavy atom. The first-order valence-electron chi connectivity index (χ1n) is 6.12. The standard InChI is InChI=1S/C16H16ClNO/c1-12-7-8-16(14(9-12)11-19)18(2)10-13-5-3-4-6-15(13)17/h3-9,11H,10H2,1-2H3. The maximum atomic E-state index is 11.2. The largest absolute Gasteiger partial charge is 0.370 e. The second-order valence-corrected chi connectivity index (χ2v) is 5.03. The third kappa shape index (κ3) is 3.15. The number of carbonyl (C=O) groups is 1. The number of carbonyl (C=O) groups excluding carboxylic acids is 1. The van der Waals surface area contributed by atoms with E-state index in [-0.39, 0.29) is 0 Å². The molecule has 0 saturated heterocycles. The number of aldehydes is 1. The number of hydrogen-bond donors (Lipinski definition) is 0. The van der Waals surface area contributed by atoms with Gasteiger partial charge in [-0.3, -0.25) is 4.79 Å². The van der Waals surface area contributed by atoms with Gasteiger partial charge in [0.2, 0.25) is 0 Å². The molecule has 2 rings (SSSR count). The summed E-state index contributed by atoms with van der Waals surface area (Å²) < 4.78 is 0. The van der Waals surface area contributed by atoms with Gasteiger partial charge in [-0.25, -0.2) is 0 Å². The fraction of sp³-hybridized carbons (Fsp3) is 0.188. The van der Waals surface area contributed by atoms with Crippen LogP contribution >= 0.6 is 11.6 Å². The molecule has 0 aliphatic rings. The van der Waals surface area contributed by atoms with Gasteiger partial charge >= 0.3 is 0 Å². The zero-order valence-electron chi connectivity index (χ0n) is 11.1. The normalized spacial score (nSPS) is 10.3. The highest BCUT2D eigenvalue weighted by Gasteiger charge is 2.09. The van der Waals surface area contributed by atoms with Gasteiger partial charge in [-0.15, -0.1) is 0 Å². The molecule has 0 fully saturated rings. The molecule has 0 heterocycles. The van der Waals surface area contributed by atoms with E-state index in [1.807, 2.05) is 61.3 Å². The predicted octanol–water partition coefficient (Wildman–Crippen LogP) is 4.10. The van der Waals surface area contributed by atoms with Gasteiger partial charge in [0, 0.05) is 29.9 Å². The van der Waals surface area contributed by atoms with Crippen LogP contribution in [-0.2, 0) is 6.54 Å². The van der Waals surface area contributed by atoms with Crippen LogP contribution in [0.2, 0.25) is 5.02 Å². The van der Waals surface area contributed by atoms with Gasteiger partial charge in [0.15, 0.2) is 6.29 Å². The summed E-state index contributed by atoms with van der Waals surface area (Å²) in [4.78, 5) is 13.2. The van der Waals surface area contributed by atoms with Crippen molar-refractivity contribution >= 4 is 23.6 Å². The van der Waals surface area contributed by atoms with Gasteiger partial charge in [-0.2, -0.15) is 0 Å². The Balaban J connectivity index is 2.28. The number of anilines is 1. The highest BCUT2D eigenvalue weighted by molar-refractivity contribution is 6.31. The van der Waals surface area contributed by atoms with Crippen LogP contribution in [0.5, 0.6) is 0 Å². The lowest BCUT2D eigenvalue weighted by atomic mass is 10.1. The maximum absolute atomic E-state index is 11.2. The van der Waals surface area contributed by atoms with Crippen LogP contribution in [0.3, 0.4) is 0 Å². The van der Waals surface area contributed by atoms with Crippen LogP contribution in [0.4, 0.5) is 5.69 Å². The molecule has 0 spiro atoms. The van der Waals surface area contributed by atoms with Crippen molar-refractivity contribution in [3.05, 3.63) is 64.2 Å². The second-order valence-electron chi connectivity index (χ2n) is 4.63.